The van der Waals surface area contributed by atoms with Gasteiger partial charge in [-0.2, -0.15) is 0 Å². The molecule has 4 aromatic rings. The average Bonchev–Trinajstić information content (AvgIpc) is 3.14. The van der Waals surface area contributed by atoms with Crippen molar-refractivity contribution >= 4 is 33.2 Å². The molecule has 28 heavy (non-hydrogen) atoms. The second-order valence-corrected chi connectivity index (χ2v) is 7.14. The van der Waals surface area contributed by atoms with Crippen LogP contribution in [-0.4, -0.2) is 27.4 Å². The third kappa shape index (κ3) is 3.48. The van der Waals surface area contributed by atoms with Crippen molar-refractivity contribution in [2.24, 2.45) is 0 Å². The van der Waals surface area contributed by atoms with E-state index in [0.717, 1.165) is 22.5 Å². The van der Waals surface area contributed by atoms with Gasteiger partial charge in [-0.25, -0.2) is 9.97 Å². The molecule has 0 bridgehead atoms. The highest BCUT2D eigenvalue weighted by Crippen LogP contribution is 2.24. The van der Waals surface area contributed by atoms with E-state index in [-0.39, 0.29) is 5.91 Å². The summed E-state index contributed by atoms with van der Waals surface area (Å²) in [7, 11) is 1.55. The Morgan fingerprint density at radius 1 is 1.21 bits per heavy atom. The van der Waals surface area contributed by atoms with E-state index in [1.54, 1.807) is 13.2 Å². The SMILES string of the molecule is COc1cnc(C(=O)Nc2ccc(-c3cn4cccc(C)c4n3)cc2)c(Br)c1. The number of methoxy groups -OCH3 is 1. The lowest BCUT2D eigenvalue weighted by Crippen LogP contribution is -2.14. The van der Waals surface area contributed by atoms with E-state index >= 15 is 0 Å². The topological polar surface area (TPSA) is 68.5 Å². The fourth-order valence-electron chi connectivity index (χ4n) is 2.91. The van der Waals surface area contributed by atoms with Gasteiger partial charge >= 0.3 is 0 Å². The Bertz CT molecular complexity index is 1170. The zero-order chi connectivity index (χ0) is 19.7. The van der Waals surface area contributed by atoms with E-state index in [4.69, 9.17) is 9.72 Å². The molecule has 0 unspecified atom stereocenters. The van der Waals surface area contributed by atoms with Gasteiger partial charge in [-0.05, 0) is 52.7 Å². The molecule has 6 nitrogen and oxygen atoms in total. The number of hydrogen-bond donors (Lipinski definition) is 1. The molecule has 0 saturated carbocycles. The van der Waals surface area contributed by atoms with Crippen molar-refractivity contribution in [2.75, 3.05) is 12.4 Å². The highest BCUT2D eigenvalue weighted by atomic mass is 79.9. The van der Waals surface area contributed by atoms with Crippen molar-refractivity contribution < 1.29 is 9.53 Å². The first-order chi connectivity index (χ1) is 13.5. The second kappa shape index (κ2) is 7.44. The Kier molecular flexibility index (Phi) is 4.83. The minimum absolute atomic E-state index is 0.292. The van der Waals surface area contributed by atoms with Crippen LogP contribution in [0.5, 0.6) is 5.75 Å². The maximum Gasteiger partial charge on any atom is 0.275 e. The predicted molar refractivity (Wildman–Crippen MR) is 112 cm³/mol. The van der Waals surface area contributed by atoms with Crippen LogP contribution in [0.25, 0.3) is 16.9 Å². The molecule has 0 aliphatic rings. The molecule has 0 aliphatic carbocycles. The number of pyridine rings is 2. The monoisotopic (exact) mass is 436 g/mol. The number of halogens is 1. The Morgan fingerprint density at radius 3 is 2.68 bits per heavy atom. The van der Waals surface area contributed by atoms with E-state index in [2.05, 4.69) is 26.2 Å². The van der Waals surface area contributed by atoms with Gasteiger partial charge in [0.05, 0.1) is 23.5 Å². The van der Waals surface area contributed by atoms with Gasteiger partial charge in [-0.3, -0.25) is 4.79 Å². The van der Waals surface area contributed by atoms with Crippen molar-refractivity contribution in [3.63, 3.8) is 0 Å². The highest BCUT2D eigenvalue weighted by molar-refractivity contribution is 9.10. The van der Waals surface area contributed by atoms with Crippen molar-refractivity contribution in [2.45, 2.75) is 6.92 Å². The highest BCUT2D eigenvalue weighted by Gasteiger charge is 2.13. The lowest BCUT2D eigenvalue weighted by atomic mass is 10.1. The number of nitrogens with one attached hydrogen (secondary N) is 1. The van der Waals surface area contributed by atoms with Crippen LogP contribution in [0.15, 0.2) is 65.5 Å². The number of carbonyl (C=O) groups is 1. The molecule has 140 valence electrons. The summed E-state index contributed by atoms with van der Waals surface area (Å²) in [6, 6.07) is 13.3. The van der Waals surface area contributed by atoms with Crippen LogP contribution in [-0.2, 0) is 0 Å². The number of hydrogen-bond acceptors (Lipinski definition) is 4. The van der Waals surface area contributed by atoms with Crippen LogP contribution in [0.1, 0.15) is 16.1 Å². The van der Waals surface area contributed by atoms with Crippen LogP contribution < -0.4 is 10.1 Å². The van der Waals surface area contributed by atoms with Crippen molar-refractivity contribution in [1.29, 1.82) is 0 Å². The molecule has 3 heterocycles. The fraction of sp³-hybridized carbons (Fsp3) is 0.0952. The fourth-order valence-corrected chi connectivity index (χ4v) is 3.41. The number of anilines is 1. The van der Waals surface area contributed by atoms with Gasteiger partial charge in [0.2, 0.25) is 0 Å². The third-order valence-corrected chi connectivity index (χ3v) is 4.99. The molecule has 4 rings (SSSR count). The summed E-state index contributed by atoms with van der Waals surface area (Å²) in [5.41, 5.74) is 4.89. The number of ether oxygens (including phenoxy) is 1. The molecule has 1 aromatic carbocycles. The lowest BCUT2D eigenvalue weighted by Gasteiger charge is -2.08. The van der Waals surface area contributed by atoms with Gasteiger partial charge < -0.3 is 14.5 Å². The molecule has 7 heteroatoms. The molecule has 0 atom stereocenters. The average molecular weight is 437 g/mol. The van der Waals surface area contributed by atoms with E-state index in [1.165, 1.54) is 6.20 Å². The van der Waals surface area contributed by atoms with E-state index in [0.29, 0.717) is 21.6 Å². The van der Waals surface area contributed by atoms with Gasteiger partial charge in [0.25, 0.3) is 5.91 Å². The first-order valence-corrected chi connectivity index (χ1v) is 9.40. The van der Waals surface area contributed by atoms with E-state index in [9.17, 15) is 4.79 Å². The van der Waals surface area contributed by atoms with Crippen LogP contribution in [0.2, 0.25) is 0 Å². The summed E-state index contributed by atoms with van der Waals surface area (Å²) < 4.78 is 7.68. The van der Waals surface area contributed by atoms with Crippen molar-refractivity contribution in [3.8, 4) is 17.0 Å². The van der Waals surface area contributed by atoms with Gasteiger partial charge in [-0.1, -0.05) is 18.2 Å². The van der Waals surface area contributed by atoms with Crippen LogP contribution >= 0.6 is 15.9 Å². The molecule has 0 spiro atoms. The number of nitrogens with zero attached hydrogens (tertiary/aromatic N) is 3. The first kappa shape index (κ1) is 18.2. The smallest absolute Gasteiger partial charge is 0.275 e. The Morgan fingerprint density at radius 2 is 2.00 bits per heavy atom. The molecule has 3 aromatic heterocycles. The number of carbonyl (C=O) groups excluding carboxylic acids is 1. The summed E-state index contributed by atoms with van der Waals surface area (Å²) >= 11 is 3.35. The zero-order valence-corrected chi connectivity index (χ0v) is 16.9. The summed E-state index contributed by atoms with van der Waals surface area (Å²) in [5.74, 6) is 0.279. The zero-order valence-electron chi connectivity index (χ0n) is 15.3. The minimum Gasteiger partial charge on any atom is -0.495 e. The molecule has 1 amide bonds. The molecule has 0 saturated heterocycles. The van der Waals surface area contributed by atoms with Crippen LogP contribution in [0, 0.1) is 6.92 Å². The first-order valence-electron chi connectivity index (χ1n) is 8.61. The number of imidazole rings is 1. The predicted octanol–water partition coefficient (Wildman–Crippen LogP) is 4.73. The molecule has 0 fully saturated rings. The standard InChI is InChI=1S/C21H17BrN4O2/c1-13-4-3-9-26-12-18(25-20(13)26)14-5-7-15(8-6-14)24-21(27)19-17(22)10-16(28-2)11-23-19/h3-12H,1-2H3,(H,24,27). The Balaban J connectivity index is 1.54. The van der Waals surface area contributed by atoms with Gasteiger partial charge in [-0.15, -0.1) is 0 Å². The Hall–Kier alpha value is -3.19. The van der Waals surface area contributed by atoms with Crippen molar-refractivity contribution in [3.05, 3.63) is 76.8 Å². The second-order valence-electron chi connectivity index (χ2n) is 6.29. The molecular formula is C21H17BrN4O2. The number of rotatable bonds is 4. The summed E-state index contributed by atoms with van der Waals surface area (Å²) in [5, 5.41) is 2.85. The summed E-state index contributed by atoms with van der Waals surface area (Å²) in [6.07, 6.45) is 5.48. The normalized spacial score (nSPS) is 10.8. The van der Waals surface area contributed by atoms with E-state index in [1.807, 2.05) is 60.1 Å². The van der Waals surface area contributed by atoms with Gasteiger partial charge in [0.15, 0.2) is 0 Å². The number of benzene rings is 1. The molecule has 1 N–H and O–H groups in total. The maximum atomic E-state index is 12.5. The number of fused-ring (bicyclic) bond motifs is 1. The maximum absolute atomic E-state index is 12.5. The van der Waals surface area contributed by atoms with Gasteiger partial charge in [0, 0.05) is 23.6 Å². The number of aryl methyl sites for hydroxylation is 1. The van der Waals surface area contributed by atoms with Crippen LogP contribution in [0.3, 0.4) is 0 Å². The number of aromatic nitrogens is 3. The summed E-state index contributed by atoms with van der Waals surface area (Å²) in [4.78, 5) is 21.3. The summed E-state index contributed by atoms with van der Waals surface area (Å²) in [6.45, 7) is 2.04. The quantitative estimate of drug-likeness (QED) is 0.502. The van der Waals surface area contributed by atoms with Crippen molar-refractivity contribution in [1.82, 2.24) is 14.4 Å². The van der Waals surface area contributed by atoms with Crippen LogP contribution in [0.4, 0.5) is 5.69 Å². The molecule has 0 aliphatic heterocycles. The van der Waals surface area contributed by atoms with Gasteiger partial charge in [0.1, 0.15) is 17.1 Å². The van der Waals surface area contributed by atoms with E-state index < -0.39 is 0 Å². The minimum atomic E-state index is -0.300. The molecule has 0 radical (unpaired) electrons. The largest absolute Gasteiger partial charge is 0.495 e. The Labute approximate surface area is 170 Å². The lowest BCUT2D eigenvalue weighted by molar-refractivity contribution is 0.102. The number of amides is 1. The molecular weight excluding hydrogens is 420 g/mol. The third-order valence-electron chi connectivity index (χ3n) is 4.38.